The maximum absolute atomic E-state index is 11.1. The Labute approximate surface area is 95.1 Å². The lowest BCUT2D eigenvalue weighted by molar-refractivity contribution is 0.268. The van der Waals surface area contributed by atoms with Crippen molar-refractivity contribution in [2.45, 2.75) is 6.04 Å². The largest absolute Gasteiger partial charge is 0.493 e. The molecule has 1 aromatic carbocycles. The molecule has 0 fully saturated rings. The molecule has 86 valence electrons. The second-order valence-electron chi connectivity index (χ2n) is 3.29. The number of benzene rings is 1. The molecule has 6 heteroatoms. The number of aliphatic hydroxyl groups is 1. The normalized spacial score (nSPS) is 12.9. The molecular weight excluding hydrogens is 230 g/mol. The van der Waals surface area contributed by atoms with Crippen molar-refractivity contribution in [1.82, 2.24) is 0 Å². The van der Waals surface area contributed by atoms with Crippen molar-refractivity contribution >= 4 is 21.6 Å². The molecule has 1 aromatic heterocycles. The number of fused-ring (bicyclic) bond motifs is 1. The third kappa shape index (κ3) is 1.82. The minimum absolute atomic E-state index is 0.165. The summed E-state index contributed by atoms with van der Waals surface area (Å²) >= 11 is 0.984. The third-order valence-corrected chi connectivity index (χ3v) is 3.04. The molecule has 0 aliphatic rings. The van der Waals surface area contributed by atoms with Gasteiger partial charge in [0.15, 0.2) is 11.3 Å². The molecular formula is C10H11NO4S. The molecule has 0 amide bonds. The van der Waals surface area contributed by atoms with Gasteiger partial charge in [0.1, 0.15) is 0 Å². The second-order valence-corrected chi connectivity index (χ2v) is 4.27. The molecule has 0 spiro atoms. The van der Waals surface area contributed by atoms with Crippen LogP contribution < -0.4 is 15.4 Å². The highest BCUT2D eigenvalue weighted by molar-refractivity contribution is 7.16. The summed E-state index contributed by atoms with van der Waals surface area (Å²) < 4.78 is 10.8. The molecule has 0 aliphatic carbocycles. The van der Waals surface area contributed by atoms with E-state index in [0.29, 0.717) is 21.6 Å². The average Bonchev–Trinajstić information content (AvgIpc) is 2.66. The topological polar surface area (TPSA) is 85.7 Å². The van der Waals surface area contributed by atoms with E-state index in [0.717, 1.165) is 11.3 Å². The average molecular weight is 241 g/mol. The summed E-state index contributed by atoms with van der Waals surface area (Å²) in [5, 5.41) is 8.98. The summed E-state index contributed by atoms with van der Waals surface area (Å²) in [6, 6.07) is 2.91. The number of hydrogen-bond acceptors (Lipinski definition) is 6. The number of aliphatic hydroxyl groups excluding tert-OH is 1. The number of hydrogen-bond donors (Lipinski definition) is 2. The van der Waals surface area contributed by atoms with Gasteiger partial charge in [-0.1, -0.05) is 11.3 Å². The first-order valence-corrected chi connectivity index (χ1v) is 5.45. The molecule has 0 radical (unpaired) electrons. The van der Waals surface area contributed by atoms with Gasteiger partial charge in [0.05, 0.1) is 24.5 Å². The van der Waals surface area contributed by atoms with Crippen molar-refractivity contribution in [2.24, 2.45) is 5.73 Å². The number of rotatable bonds is 3. The number of nitrogens with two attached hydrogens (primary N) is 1. The first-order chi connectivity index (χ1) is 7.65. The maximum atomic E-state index is 11.1. The molecule has 0 saturated carbocycles. The van der Waals surface area contributed by atoms with Gasteiger partial charge in [0.2, 0.25) is 0 Å². The van der Waals surface area contributed by atoms with E-state index < -0.39 is 6.04 Å². The monoisotopic (exact) mass is 241 g/mol. The van der Waals surface area contributed by atoms with E-state index in [1.165, 1.54) is 7.11 Å². The van der Waals surface area contributed by atoms with Crippen molar-refractivity contribution in [3.8, 4) is 5.75 Å². The van der Waals surface area contributed by atoms with Gasteiger partial charge in [-0.2, -0.15) is 0 Å². The SMILES string of the molecule is COc1cc(C(N)CO)cc2sc(=O)oc12. The molecule has 2 aromatic rings. The standard InChI is InChI=1S/C10H11NO4S/c1-14-7-2-5(6(11)4-12)3-8-9(7)15-10(13)16-8/h2-3,6,12H,4,11H2,1H3. The molecule has 0 bridgehead atoms. The molecule has 2 rings (SSSR count). The van der Waals surface area contributed by atoms with Gasteiger partial charge >= 0.3 is 4.94 Å². The van der Waals surface area contributed by atoms with E-state index >= 15 is 0 Å². The van der Waals surface area contributed by atoms with Gasteiger partial charge in [0, 0.05) is 0 Å². The molecule has 1 unspecified atom stereocenters. The predicted molar refractivity (Wildman–Crippen MR) is 60.9 cm³/mol. The Morgan fingerprint density at radius 3 is 3.00 bits per heavy atom. The first-order valence-electron chi connectivity index (χ1n) is 4.63. The Hall–Kier alpha value is -1.37. The summed E-state index contributed by atoms with van der Waals surface area (Å²) in [6.07, 6.45) is 0. The lowest BCUT2D eigenvalue weighted by Gasteiger charge is -2.10. The van der Waals surface area contributed by atoms with Gasteiger partial charge in [-0.15, -0.1) is 0 Å². The lowest BCUT2D eigenvalue weighted by Crippen LogP contribution is -2.14. The van der Waals surface area contributed by atoms with Crippen LogP contribution in [0.15, 0.2) is 21.3 Å². The fraction of sp³-hybridized carbons (Fsp3) is 0.300. The second kappa shape index (κ2) is 4.25. The summed E-state index contributed by atoms with van der Waals surface area (Å²) in [4.78, 5) is 10.7. The summed E-state index contributed by atoms with van der Waals surface area (Å²) in [5.74, 6) is 0.453. The molecule has 1 atom stereocenters. The minimum Gasteiger partial charge on any atom is -0.493 e. The highest BCUT2D eigenvalue weighted by Crippen LogP contribution is 2.30. The smallest absolute Gasteiger partial charge is 0.396 e. The number of ether oxygens (including phenoxy) is 1. The zero-order valence-corrected chi connectivity index (χ0v) is 9.41. The molecule has 5 nitrogen and oxygen atoms in total. The quantitative estimate of drug-likeness (QED) is 0.832. The molecule has 0 aliphatic heterocycles. The highest BCUT2D eigenvalue weighted by Gasteiger charge is 2.13. The van der Waals surface area contributed by atoms with Crippen LogP contribution in [0, 0.1) is 0 Å². The van der Waals surface area contributed by atoms with Crippen LogP contribution in [0.5, 0.6) is 5.75 Å². The van der Waals surface area contributed by atoms with Crippen LogP contribution >= 0.6 is 11.3 Å². The van der Waals surface area contributed by atoms with Crippen molar-refractivity contribution in [2.75, 3.05) is 13.7 Å². The van der Waals surface area contributed by atoms with Crippen molar-refractivity contribution < 1.29 is 14.3 Å². The van der Waals surface area contributed by atoms with E-state index in [1.54, 1.807) is 12.1 Å². The first kappa shape index (κ1) is 11.1. The van der Waals surface area contributed by atoms with Crippen LogP contribution in [0.3, 0.4) is 0 Å². The zero-order valence-electron chi connectivity index (χ0n) is 8.60. The lowest BCUT2D eigenvalue weighted by atomic mass is 10.1. The van der Waals surface area contributed by atoms with E-state index in [1.807, 2.05) is 0 Å². The third-order valence-electron chi connectivity index (χ3n) is 2.27. The van der Waals surface area contributed by atoms with Gasteiger partial charge in [-0.05, 0) is 17.7 Å². The zero-order chi connectivity index (χ0) is 11.7. The Kier molecular flexibility index (Phi) is 2.95. The van der Waals surface area contributed by atoms with Crippen LogP contribution in [0.4, 0.5) is 0 Å². The Morgan fingerprint density at radius 1 is 1.62 bits per heavy atom. The van der Waals surface area contributed by atoms with Gasteiger partial charge < -0.3 is 20.0 Å². The van der Waals surface area contributed by atoms with E-state index in [-0.39, 0.29) is 11.5 Å². The van der Waals surface area contributed by atoms with Gasteiger partial charge in [-0.25, -0.2) is 4.79 Å². The molecule has 3 N–H and O–H groups in total. The fourth-order valence-corrected chi connectivity index (χ4v) is 2.17. The van der Waals surface area contributed by atoms with Crippen molar-refractivity contribution in [1.29, 1.82) is 0 Å². The van der Waals surface area contributed by atoms with Crippen LogP contribution in [-0.2, 0) is 0 Å². The van der Waals surface area contributed by atoms with Crippen molar-refractivity contribution in [3.63, 3.8) is 0 Å². The van der Waals surface area contributed by atoms with E-state index in [4.69, 9.17) is 20.0 Å². The number of methoxy groups -OCH3 is 1. The van der Waals surface area contributed by atoms with Crippen LogP contribution in [0.1, 0.15) is 11.6 Å². The van der Waals surface area contributed by atoms with E-state index in [2.05, 4.69) is 0 Å². The fourth-order valence-electron chi connectivity index (χ4n) is 1.44. The Bertz CT molecular complexity index is 559. The van der Waals surface area contributed by atoms with Crippen LogP contribution in [0.2, 0.25) is 0 Å². The minimum atomic E-state index is -0.490. The molecule has 1 heterocycles. The Morgan fingerprint density at radius 2 is 2.38 bits per heavy atom. The summed E-state index contributed by atoms with van der Waals surface area (Å²) in [6.45, 7) is -0.165. The summed E-state index contributed by atoms with van der Waals surface area (Å²) in [5.41, 5.74) is 6.84. The predicted octanol–water partition coefficient (Wildman–Crippen LogP) is 0.855. The van der Waals surface area contributed by atoms with E-state index in [9.17, 15) is 4.79 Å². The van der Waals surface area contributed by atoms with Crippen LogP contribution in [0.25, 0.3) is 10.3 Å². The van der Waals surface area contributed by atoms with Gasteiger partial charge in [0.25, 0.3) is 0 Å². The highest BCUT2D eigenvalue weighted by atomic mass is 32.1. The molecule has 0 saturated heterocycles. The van der Waals surface area contributed by atoms with Crippen LogP contribution in [-0.4, -0.2) is 18.8 Å². The van der Waals surface area contributed by atoms with Gasteiger partial charge in [-0.3, -0.25) is 0 Å². The Balaban J connectivity index is 2.67. The summed E-state index contributed by atoms with van der Waals surface area (Å²) in [7, 11) is 1.49. The molecule has 16 heavy (non-hydrogen) atoms. The van der Waals surface area contributed by atoms with Crippen molar-refractivity contribution in [3.05, 3.63) is 27.4 Å². The maximum Gasteiger partial charge on any atom is 0.396 e.